The van der Waals surface area contributed by atoms with Crippen molar-refractivity contribution in [3.63, 3.8) is 0 Å². The first-order chi connectivity index (χ1) is 17.4. The molecular weight excluding hydrogens is 428 g/mol. The van der Waals surface area contributed by atoms with Crippen molar-refractivity contribution in [3.8, 4) is 11.4 Å². The minimum absolute atomic E-state index is 0.928. The standard InChI is InChI=1S/C31H20N4/c1-4-12-26-23(9-1)24-10-2-5-13-27(24)33(26)21-17-19-22(20-18-21)34-29-15-7-8-16-30(29)35-28-14-6-3-11-25(28)32-31(34)35/h1-20H. The van der Waals surface area contributed by atoms with E-state index in [2.05, 4.69) is 129 Å². The van der Waals surface area contributed by atoms with Crippen LogP contribution < -0.4 is 0 Å². The molecule has 0 unspecified atom stereocenters. The molecule has 0 bridgehead atoms. The zero-order chi connectivity index (χ0) is 22.9. The normalized spacial score (nSPS) is 12.0. The summed E-state index contributed by atoms with van der Waals surface area (Å²) in [7, 11) is 0. The van der Waals surface area contributed by atoms with Crippen molar-refractivity contribution in [3.05, 3.63) is 121 Å². The number of rotatable bonds is 2. The van der Waals surface area contributed by atoms with Crippen LogP contribution in [0.4, 0.5) is 0 Å². The molecule has 0 spiro atoms. The van der Waals surface area contributed by atoms with Gasteiger partial charge in [-0.2, -0.15) is 0 Å². The molecule has 0 saturated carbocycles. The van der Waals surface area contributed by atoms with Crippen LogP contribution in [0.5, 0.6) is 0 Å². The molecule has 0 aliphatic rings. The van der Waals surface area contributed by atoms with Gasteiger partial charge in [-0.15, -0.1) is 0 Å². The molecule has 35 heavy (non-hydrogen) atoms. The molecule has 0 atom stereocenters. The fourth-order valence-electron chi connectivity index (χ4n) is 5.56. The van der Waals surface area contributed by atoms with Crippen LogP contribution >= 0.6 is 0 Å². The first-order valence-electron chi connectivity index (χ1n) is 11.8. The topological polar surface area (TPSA) is 27.2 Å². The van der Waals surface area contributed by atoms with Gasteiger partial charge < -0.3 is 4.57 Å². The van der Waals surface area contributed by atoms with Gasteiger partial charge in [-0.05, 0) is 60.7 Å². The van der Waals surface area contributed by atoms with E-state index < -0.39 is 0 Å². The highest BCUT2D eigenvalue weighted by Gasteiger charge is 2.17. The van der Waals surface area contributed by atoms with E-state index in [1.54, 1.807) is 0 Å². The molecule has 0 saturated heterocycles. The summed E-state index contributed by atoms with van der Waals surface area (Å²) in [4.78, 5) is 5.00. The van der Waals surface area contributed by atoms with Crippen molar-refractivity contribution in [1.29, 1.82) is 0 Å². The highest BCUT2D eigenvalue weighted by atomic mass is 15.2. The van der Waals surface area contributed by atoms with Gasteiger partial charge in [0.05, 0.1) is 33.1 Å². The molecule has 0 aliphatic carbocycles. The summed E-state index contributed by atoms with van der Waals surface area (Å²) in [6.45, 7) is 0. The summed E-state index contributed by atoms with van der Waals surface area (Å²) in [6, 6.07) is 42.9. The van der Waals surface area contributed by atoms with Crippen LogP contribution in [0.2, 0.25) is 0 Å². The molecule has 3 heterocycles. The molecule has 0 fully saturated rings. The van der Waals surface area contributed by atoms with Gasteiger partial charge >= 0.3 is 0 Å². The first-order valence-corrected chi connectivity index (χ1v) is 11.8. The van der Waals surface area contributed by atoms with Gasteiger partial charge in [0, 0.05) is 22.1 Å². The Kier molecular flexibility index (Phi) is 3.63. The summed E-state index contributed by atoms with van der Waals surface area (Å²) in [5.74, 6) is 0.928. The third-order valence-corrected chi connectivity index (χ3v) is 7.05. The minimum atomic E-state index is 0.928. The van der Waals surface area contributed by atoms with Crippen LogP contribution in [0.15, 0.2) is 121 Å². The van der Waals surface area contributed by atoms with Gasteiger partial charge in [0.1, 0.15) is 0 Å². The van der Waals surface area contributed by atoms with Gasteiger partial charge in [0.25, 0.3) is 0 Å². The van der Waals surface area contributed by atoms with E-state index in [0.717, 1.165) is 39.2 Å². The molecule has 0 aliphatic heterocycles. The zero-order valence-corrected chi connectivity index (χ0v) is 18.8. The smallest absolute Gasteiger partial charge is 0.220 e. The quantitative estimate of drug-likeness (QED) is 0.269. The molecule has 4 heteroatoms. The van der Waals surface area contributed by atoms with Crippen LogP contribution in [-0.2, 0) is 0 Å². The number of benzene rings is 5. The summed E-state index contributed by atoms with van der Waals surface area (Å²) >= 11 is 0. The molecule has 3 aromatic heterocycles. The van der Waals surface area contributed by atoms with E-state index in [4.69, 9.17) is 4.98 Å². The number of hydrogen-bond acceptors (Lipinski definition) is 1. The van der Waals surface area contributed by atoms with E-state index in [1.807, 2.05) is 6.07 Å². The fraction of sp³-hybridized carbons (Fsp3) is 0. The van der Waals surface area contributed by atoms with Crippen LogP contribution in [0.25, 0.3) is 61.0 Å². The SMILES string of the molecule is c1ccc2c(c1)nc1n(-c3ccc(-n4c5ccccc5c5ccccc54)cc3)c3ccccc3n21. The Balaban J connectivity index is 1.38. The van der Waals surface area contributed by atoms with E-state index in [9.17, 15) is 0 Å². The molecule has 0 amide bonds. The van der Waals surface area contributed by atoms with E-state index in [1.165, 1.54) is 21.8 Å². The van der Waals surface area contributed by atoms with Crippen LogP contribution in [0.3, 0.4) is 0 Å². The second-order valence-electron chi connectivity index (χ2n) is 8.95. The van der Waals surface area contributed by atoms with Gasteiger partial charge in [-0.3, -0.25) is 8.97 Å². The Hall–Kier alpha value is -4.83. The largest absolute Gasteiger partial charge is 0.309 e. The van der Waals surface area contributed by atoms with Gasteiger partial charge in [0.15, 0.2) is 0 Å². The van der Waals surface area contributed by atoms with Crippen molar-refractivity contribution >= 4 is 49.7 Å². The number of nitrogens with zero attached hydrogens (tertiary/aromatic N) is 4. The maximum absolute atomic E-state index is 5.00. The molecule has 0 radical (unpaired) electrons. The summed E-state index contributed by atoms with van der Waals surface area (Å²) in [5.41, 5.74) is 9.10. The van der Waals surface area contributed by atoms with Gasteiger partial charge in [-0.25, -0.2) is 4.98 Å². The third-order valence-electron chi connectivity index (χ3n) is 7.05. The fourth-order valence-corrected chi connectivity index (χ4v) is 5.56. The van der Waals surface area contributed by atoms with Crippen molar-refractivity contribution in [2.75, 3.05) is 0 Å². The number of imidazole rings is 2. The lowest BCUT2D eigenvalue weighted by molar-refractivity contribution is 1.10. The average Bonchev–Trinajstić information content (AvgIpc) is 3.56. The van der Waals surface area contributed by atoms with Crippen molar-refractivity contribution in [2.45, 2.75) is 0 Å². The molecule has 5 aromatic carbocycles. The van der Waals surface area contributed by atoms with E-state index in [-0.39, 0.29) is 0 Å². The van der Waals surface area contributed by atoms with Crippen LogP contribution in [0, 0.1) is 0 Å². The number of fused-ring (bicyclic) bond motifs is 8. The molecule has 4 nitrogen and oxygen atoms in total. The van der Waals surface area contributed by atoms with Crippen molar-refractivity contribution in [2.24, 2.45) is 0 Å². The lowest BCUT2D eigenvalue weighted by atomic mass is 10.2. The van der Waals surface area contributed by atoms with Crippen molar-refractivity contribution in [1.82, 2.24) is 18.5 Å². The first kappa shape index (κ1) is 18.6. The summed E-state index contributed by atoms with van der Waals surface area (Å²) in [5, 5.41) is 2.55. The van der Waals surface area contributed by atoms with Crippen LogP contribution in [-0.4, -0.2) is 18.5 Å². The number of para-hydroxylation sites is 6. The van der Waals surface area contributed by atoms with Crippen LogP contribution in [0.1, 0.15) is 0 Å². The Morgan fingerprint density at radius 2 is 0.886 bits per heavy atom. The molecule has 8 aromatic rings. The Morgan fingerprint density at radius 3 is 1.54 bits per heavy atom. The monoisotopic (exact) mass is 448 g/mol. The lowest BCUT2D eigenvalue weighted by Crippen LogP contribution is -1.97. The molecular formula is C31H20N4. The Labute approximate surface area is 200 Å². The number of hydrogen-bond donors (Lipinski definition) is 0. The van der Waals surface area contributed by atoms with E-state index >= 15 is 0 Å². The Bertz CT molecular complexity index is 2000. The van der Waals surface area contributed by atoms with Gasteiger partial charge in [-0.1, -0.05) is 60.7 Å². The van der Waals surface area contributed by atoms with Crippen molar-refractivity contribution < 1.29 is 0 Å². The van der Waals surface area contributed by atoms with Gasteiger partial charge in [0.2, 0.25) is 5.78 Å². The highest BCUT2D eigenvalue weighted by molar-refractivity contribution is 6.09. The molecule has 164 valence electrons. The van der Waals surface area contributed by atoms with E-state index in [0.29, 0.717) is 0 Å². The number of aromatic nitrogens is 4. The zero-order valence-electron chi connectivity index (χ0n) is 18.8. The molecule has 8 rings (SSSR count). The average molecular weight is 449 g/mol. The minimum Gasteiger partial charge on any atom is -0.309 e. The summed E-state index contributed by atoms with van der Waals surface area (Å²) in [6.07, 6.45) is 0. The highest BCUT2D eigenvalue weighted by Crippen LogP contribution is 2.33. The summed E-state index contributed by atoms with van der Waals surface area (Å²) < 4.78 is 6.86. The second kappa shape index (κ2) is 6.84. The predicted molar refractivity (Wildman–Crippen MR) is 144 cm³/mol. The third kappa shape index (κ3) is 2.48. The molecule has 0 N–H and O–H groups in total. The maximum Gasteiger partial charge on any atom is 0.220 e. The Morgan fingerprint density at radius 1 is 0.400 bits per heavy atom. The second-order valence-corrected chi connectivity index (χ2v) is 8.95. The predicted octanol–water partition coefficient (Wildman–Crippen LogP) is 7.53. The lowest BCUT2D eigenvalue weighted by Gasteiger charge is -2.10. The maximum atomic E-state index is 5.00.